The summed E-state index contributed by atoms with van der Waals surface area (Å²) in [5.74, 6) is 0. The molecule has 15 heavy (non-hydrogen) atoms. The first-order valence-electron chi connectivity index (χ1n) is 4.65. The number of hydrogen-bond donors (Lipinski definition) is 0. The predicted octanol–water partition coefficient (Wildman–Crippen LogP) is 2.95. The fourth-order valence-electron chi connectivity index (χ4n) is 1.49. The molecule has 0 amide bonds. The fourth-order valence-corrected chi connectivity index (χ4v) is 2.05. The van der Waals surface area contributed by atoms with Gasteiger partial charge in [-0.25, -0.2) is 0 Å². The van der Waals surface area contributed by atoms with E-state index in [0.717, 1.165) is 18.5 Å². The molecule has 2 rings (SSSR count). The minimum absolute atomic E-state index is 0.717. The first-order chi connectivity index (χ1) is 7.31. The van der Waals surface area contributed by atoms with E-state index in [1.54, 1.807) is 0 Å². The van der Waals surface area contributed by atoms with Crippen molar-refractivity contribution < 1.29 is 4.79 Å². The van der Waals surface area contributed by atoms with Crippen molar-refractivity contribution in [2.24, 2.45) is 0 Å². The zero-order valence-electron chi connectivity index (χ0n) is 8.06. The van der Waals surface area contributed by atoms with E-state index >= 15 is 0 Å². The van der Waals surface area contributed by atoms with Gasteiger partial charge >= 0.3 is 0 Å². The normalized spacial score (nSPS) is 10.2. The van der Waals surface area contributed by atoms with Crippen LogP contribution in [0.2, 0.25) is 0 Å². The van der Waals surface area contributed by atoms with Crippen LogP contribution in [-0.2, 0) is 6.54 Å². The van der Waals surface area contributed by atoms with Crippen molar-refractivity contribution in [1.82, 2.24) is 4.57 Å². The molecule has 0 aliphatic rings. The Morgan fingerprint density at radius 1 is 1.20 bits per heavy atom. The number of hydrogen-bond acceptors (Lipinski definition) is 1. The van der Waals surface area contributed by atoms with Crippen molar-refractivity contribution in [2.45, 2.75) is 6.54 Å². The van der Waals surface area contributed by atoms with Gasteiger partial charge in [0.2, 0.25) is 0 Å². The molecule has 1 aromatic carbocycles. The Hall–Kier alpha value is -1.10. The van der Waals surface area contributed by atoms with Gasteiger partial charge in [0.25, 0.3) is 0 Å². The summed E-state index contributed by atoms with van der Waals surface area (Å²) in [6.45, 7) is 0.750. The van der Waals surface area contributed by atoms with Gasteiger partial charge in [0.15, 0.2) is 6.29 Å². The molecule has 1 heterocycles. The molecule has 0 spiro atoms. The van der Waals surface area contributed by atoms with Crippen LogP contribution in [0.3, 0.4) is 0 Å². The number of aromatic nitrogens is 1. The van der Waals surface area contributed by atoms with Gasteiger partial charge in [0, 0.05) is 16.3 Å². The quantitative estimate of drug-likeness (QED) is 0.631. The molecule has 0 radical (unpaired) electrons. The van der Waals surface area contributed by atoms with Gasteiger partial charge in [-0.15, -0.1) is 0 Å². The molecule has 1 aromatic heterocycles. The molecular weight excluding hydrogens is 301 g/mol. The molecule has 0 saturated carbocycles. The van der Waals surface area contributed by atoms with Gasteiger partial charge in [0.1, 0.15) is 0 Å². The van der Waals surface area contributed by atoms with E-state index in [1.165, 1.54) is 9.13 Å². The van der Waals surface area contributed by atoms with Gasteiger partial charge in [-0.3, -0.25) is 4.79 Å². The average molecular weight is 311 g/mol. The van der Waals surface area contributed by atoms with Gasteiger partial charge in [-0.2, -0.15) is 0 Å². The number of carbonyl (C=O) groups excluding carboxylic acids is 1. The predicted molar refractivity (Wildman–Crippen MR) is 68.1 cm³/mol. The van der Waals surface area contributed by atoms with E-state index in [1.807, 2.05) is 35.0 Å². The fraction of sp³-hybridized carbons (Fsp3) is 0.0833. The molecule has 2 aromatic rings. The number of halogens is 1. The number of nitrogens with zero attached hydrogens (tertiary/aromatic N) is 1. The van der Waals surface area contributed by atoms with E-state index < -0.39 is 0 Å². The third-order valence-electron chi connectivity index (χ3n) is 2.28. The van der Waals surface area contributed by atoms with Crippen molar-refractivity contribution in [3.8, 4) is 0 Å². The summed E-state index contributed by atoms with van der Waals surface area (Å²) in [6.07, 6.45) is 2.81. The molecule has 0 unspecified atom stereocenters. The van der Waals surface area contributed by atoms with Crippen LogP contribution >= 0.6 is 22.6 Å². The zero-order chi connectivity index (χ0) is 10.7. The Morgan fingerprint density at radius 2 is 2.00 bits per heavy atom. The van der Waals surface area contributed by atoms with Gasteiger partial charge in [-0.1, -0.05) is 18.2 Å². The summed E-state index contributed by atoms with van der Waals surface area (Å²) >= 11 is 2.31. The van der Waals surface area contributed by atoms with Crippen LogP contribution in [0.15, 0.2) is 42.6 Å². The molecule has 0 N–H and O–H groups in total. The lowest BCUT2D eigenvalue weighted by molar-refractivity contribution is 0.111. The number of aldehydes is 1. The SMILES string of the molecule is O=Cc1cccn1Cc1ccccc1I. The summed E-state index contributed by atoms with van der Waals surface area (Å²) in [6, 6.07) is 11.9. The Labute approximate surface area is 102 Å². The van der Waals surface area contributed by atoms with Gasteiger partial charge in [-0.05, 0) is 46.4 Å². The lowest BCUT2D eigenvalue weighted by Gasteiger charge is -2.07. The van der Waals surface area contributed by atoms with Crippen LogP contribution in [0.4, 0.5) is 0 Å². The van der Waals surface area contributed by atoms with Crippen LogP contribution in [0.5, 0.6) is 0 Å². The smallest absolute Gasteiger partial charge is 0.166 e. The van der Waals surface area contributed by atoms with Crippen molar-refractivity contribution in [2.75, 3.05) is 0 Å². The van der Waals surface area contributed by atoms with E-state index in [-0.39, 0.29) is 0 Å². The molecule has 2 nitrogen and oxygen atoms in total. The van der Waals surface area contributed by atoms with Crippen LogP contribution in [0.1, 0.15) is 16.1 Å². The summed E-state index contributed by atoms with van der Waals surface area (Å²) in [5, 5.41) is 0. The summed E-state index contributed by atoms with van der Waals surface area (Å²) in [4.78, 5) is 10.7. The molecule has 0 atom stereocenters. The van der Waals surface area contributed by atoms with Crippen LogP contribution in [0.25, 0.3) is 0 Å². The zero-order valence-corrected chi connectivity index (χ0v) is 10.2. The van der Waals surface area contributed by atoms with Crippen molar-refractivity contribution >= 4 is 28.9 Å². The summed E-state index contributed by atoms with van der Waals surface area (Å²) in [5.41, 5.74) is 1.95. The largest absolute Gasteiger partial charge is 0.341 e. The third kappa shape index (κ3) is 2.28. The number of benzene rings is 1. The topological polar surface area (TPSA) is 22.0 Å². The minimum atomic E-state index is 0.717. The average Bonchev–Trinajstić information content (AvgIpc) is 2.69. The van der Waals surface area contributed by atoms with E-state index in [0.29, 0.717) is 0 Å². The molecule has 0 aliphatic heterocycles. The van der Waals surface area contributed by atoms with E-state index in [4.69, 9.17) is 0 Å². The summed E-state index contributed by atoms with van der Waals surface area (Å²) in [7, 11) is 0. The second kappa shape index (κ2) is 4.61. The molecular formula is C12H10INO. The monoisotopic (exact) mass is 311 g/mol. The highest BCUT2D eigenvalue weighted by Crippen LogP contribution is 2.14. The Morgan fingerprint density at radius 3 is 2.73 bits per heavy atom. The minimum Gasteiger partial charge on any atom is -0.341 e. The maximum atomic E-state index is 10.7. The third-order valence-corrected chi connectivity index (χ3v) is 3.34. The molecule has 76 valence electrons. The van der Waals surface area contributed by atoms with Crippen molar-refractivity contribution in [3.63, 3.8) is 0 Å². The standard InChI is InChI=1S/C12H10INO/c13-12-6-2-1-4-10(12)8-14-7-3-5-11(14)9-15/h1-7,9H,8H2. The lowest BCUT2D eigenvalue weighted by Crippen LogP contribution is -2.03. The molecule has 3 heteroatoms. The Bertz CT molecular complexity index is 476. The van der Waals surface area contributed by atoms with Crippen LogP contribution < -0.4 is 0 Å². The van der Waals surface area contributed by atoms with E-state index in [2.05, 4.69) is 34.7 Å². The Kier molecular flexibility index (Phi) is 3.20. The maximum absolute atomic E-state index is 10.7. The second-order valence-corrected chi connectivity index (χ2v) is 4.43. The Balaban J connectivity index is 2.29. The highest BCUT2D eigenvalue weighted by molar-refractivity contribution is 14.1. The van der Waals surface area contributed by atoms with Gasteiger partial charge in [0.05, 0.1) is 5.69 Å². The van der Waals surface area contributed by atoms with Crippen molar-refractivity contribution in [3.05, 3.63) is 57.4 Å². The number of rotatable bonds is 3. The molecule has 0 aliphatic carbocycles. The molecule has 0 fully saturated rings. The first kappa shape index (κ1) is 10.4. The maximum Gasteiger partial charge on any atom is 0.166 e. The molecule has 0 bridgehead atoms. The van der Waals surface area contributed by atoms with E-state index in [9.17, 15) is 4.79 Å². The summed E-state index contributed by atoms with van der Waals surface area (Å²) < 4.78 is 3.17. The molecule has 0 saturated heterocycles. The lowest BCUT2D eigenvalue weighted by atomic mass is 10.2. The number of carbonyl (C=O) groups is 1. The van der Waals surface area contributed by atoms with Crippen LogP contribution in [0, 0.1) is 3.57 Å². The first-order valence-corrected chi connectivity index (χ1v) is 5.73. The second-order valence-electron chi connectivity index (χ2n) is 3.27. The van der Waals surface area contributed by atoms with Gasteiger partial charge < -0.3 is 4.57 Å². The highest BCUT2D eigenvalue weighted by Gasteiger charge is 2.02. The van der Waals surface area contributed by atoms with Crippen LogP contribution in [-0.4, -0.2) is 10.9 Å². The van der Waals surface area contributed by atoms with Crippen molar-refractivity contribution in [1.29, 1.82) is 0 Å². The highest BCUT2D eigenvalue weighted by atomic mass is 127.